The van der Waals surface area contributed by atoms with Gasteiger partial charge in [-0.2, -0.15) is 4.98 Å². The largest absolute Gasteiger partial charge is 0.412 e. The van der Waals surface area contributed by atoms with Crippen LogP contribution in [0.1, 0.15) is 6.23 Å². The van der Waals surface area contributed by atoms with Crippen molar-refractivity contribution >= 4 is 21.3 Å². The van der Waals surface area contributed by atoms with E-state index in [0.717, 1.165) is 15.6 Å². The Bertz CT molecular complexity index is 855. The Morgan fingerprint density at radius 2 is 2.12 bits per heavy atom. The van der Waals surface area contributed by atoms with Gasteiger partial charge in [0.05, 0.1) is 12.9 Å². The van der Waals surface area contributed by atoms with Gasteiger partial charge < -0.3 is 30.3 Å². The van der Waals surface area contributed by atoms with Crippen LogP contribution in [-0.4, -0.2) is 48.2 Å². The van der Waals surface area contributed by atoms with Crippen LogP contribution in [0.4, 0.5) is 10.2 Å². The molecule has 2 rings (SSSR count). The molecule has 1 fully saturated rings. The topological polar surface area (TPSA) is 206 Å². The number of hydrogen-bond donors (Lipinski definition) is 6. The molecule has 0 bridgehead atoms. The Labute approximate surface area is 144 Å². The Morgan fingerprint density at radius 1 is 1.46 bits per heavy atom. The highest BCUT2D eigenvalue weighted by atomic mass is 31.3. The number of aliphatic hydroxyl groups excluding tert-OH is 1. The number of anilines is 1. The fourth-order valence-corrected chi connectivity index (χ4v) is 4.02. The fourth-order valence-electron chi connectivity index (χ4n) is 2.13. The molecule has 0 radical (unpaired) electrons. The van der Waals surface area contributed by atoms with E-state index in [1.54, 1.807) is 0 Å². The third kappa shape index (κ3) is 5.04. The highest BCUT2D eigenvalue weighted by Gasteiger charge is 2.42. The zero-order valence-electron chi connectivity index (χ0n) is 12.7. The van der Waals surface area contributed by atoms with E-state index >= 15 is 0 Å². The summed E-state index contributed by atoms with van der Waals surface area (Å²) in [6.45, 7) is -0.854. The summed E-state index contributed by atoms with van der Waals surface area (Å²) in [5, 5.41) is 10.0. The number of nitrogens with two attached hydrogens (primary N) is 1. The molecule has 13 nitrogen and oxygen atoms in total. The highest BCUT2D eigenvalue weighted by molar-refractivity contribution is 7.66. The summed E-state index contributed by atoms with van der Waals surface area (Å²) in [4.78, 5) is 42.8. The lowest BCUT2D eigenvalue weighted by Gasteiger charge is -2.18. The fraction of sp³-hybridized carbons (Fsp3) is 0.400. The molecule has 0 saturated carbocycles. The lowest BCUT2D eigenvalue weighted by atomic mass is 10.1. The molecule has 146 valence electrons. The highest BCUT2D eigenvalue weighted by Crippen LogP contribution is 2.49. The Morgan fingerprint density at radius 3 is 2.65 bits per heavy atom. The summed E-state index contributed by atoms with van der Waals surface area (Å²) < 4.78 is 45.8. The Kier molecular flexibility index (Phi) is 6.13. The number of ether oxygens (including phenoxy) is 1. The maximum absolute atomic E-state index is 13.1. The lowest BCUT2D eigenvalue weighted by molar-refractivity contribution is -0.0413. The van der Waals surface area contributed by atoms with E-state index in [-0.39, 0.29) is 12.1 Å². The molecular formula is C10H15FN4O9P2. The van der Waals surface area contributed by atoms with Gasteiger partial charge in [0.2, 0.25) is 0 Å². The summed E-state index contributed by atoms with van der Waals surface area (Å²) in [6.07, 6.45) is -3.40. The first kappa shape index (κ1) is 20.8. The number of nitrogens with zero attached hydrogens (tertiary/aromatic N) is 2. The monoisotopic (exact) mass is 416 g/mol. The van der Waals surface area contributed by atoms with Crippen LogP contribution in [0.2, 0.25) is 0 Å². The Balaban J connectivity index is 2.16. The van der Waals surface area contributed by atoms with Gasteiger partial charge in [-0.15, -0.1) is 4.86 Å². The molecule has 0 amide bonds. The van der Waals surface area contributed by atoms with Crippen molar-refractivity contribution in [1.29, 1.82) is 0 Å². The van der Waals surface area contributed by atoms with Gasteiger partial charge in [-0.05, 0) is 6.07 Å². The van der Waals surface area contributed by atoms with E-state index in [9.17, 15) is 28.3 Å². The predicted octanol–water partition coefficient (Wildman–Crippen LogP) is -1.26. The number of rotatable bonds is 6. The third-order valence-corrected chi connectivity index (χ3v) is 5.74. The van der Waals surface area contributed by atoms with Crippen molar-refractivity contribution in [3.63, 3.8) is 0 Å². The first-order valence-electron chi connectivity index (χ1n) is 6.74. The number of hydrogen-bond acceptors (Lipinski definition) is 8. The van der Waals surface area contributed by atoms with Crippen LogP contribution in [-0.2, 0) is 18.4 Å². The molecule has 26 heavy (non-hydrogen) atoms. The molecule has 4 atom stereocenters. The van der Waals surface area contributed by atoms with Gasteiger partial charge in [0.15, 0.2) is 6.23 Å². The first-order chi connectivity index (χ1) is 11.9. The van der Waals surface area contributed by atoms with Crippen molar-refractivity contribution in [2.24, 2.45) is 0 Å². The normalized spacial score (nSPS) is 27.6. The van der Waals surface area contributed by atoms with Crippen molar-refractivity contribution in [3.8, 4) is 0 Å². The number of nitrogens with one attached hydrogen (secondary N) is 1. The molecule has 1 aromatic rings. The molecule has 1 aliphatic heterocycles. The minimum absolute atomic E-state index is 0.00936. The average Bonchev–Trinajstić information content (AvgIpc) is 2.79. The van der Waals surface area contributed by atoms with Crippen LogP contribution in [0.25, 0.3) is 0 Å². The molecule has 2 unspecified atom stereocenters. The average molecular weight is 416 g/mol. The van der Waals surface area contributed by atoms with Gasteiger partial charge in [-0.25, -0.2) is 18.3 Å². The van der Waals surface area contributed by atoms with Crippen LogP contribution in [0.5, 0.6) is 0 Å². The third-order valence-electron chi connectivity index (χ3n) is 3.18. The van der Waals surface area contributed by atoms with Crippen LogP contribution in [0, 0.1) is 0 Å². The maximum atomic E-state index is 13.1. The standard InChI is InChI=1S/C10H15FN4O9P2/c11-3-5-8(16)6(4-23-26(21,22)14-25(18,19)20)24-9(5)15-2-1-7(12)13-10(15)17/h1-3,6,8-9,16H,4H2,(H2,12,13,17)(H4,14,18,19,20,21,22)/b5-3+/t6-,8?,9-/m1/s1. The van der Waals surface area contributed by atoms with Crippen LogP contribution in [0.15, 0.2) is 29.0 Å². The van der Waals surface area contributed by atoms with E-state index in [0.29, 0.717) is 0 Å². The van der Waals surface area contributed by atoms with Crippen molar-refractivity contribution in [3.05, 3.63) is 34.7 Å². The minimum Gasteiger partial charge on any atom is -0.386 e. The van der Waals surface area contributed by atoms with Gasteiger partial charge in [0.1, 0.15) is 18.0 Å². The summed E-state index contributed by atoms with van der Waals surface area (Å²) in [5.74, 6) is -0.0970. The molecule has 0 aliphatic carbocycles. The summed E-state index contributed by atoms with van der Waals surface area (Å²) in [6, 6.07) is 1.22. The zero-order valence-corrected chi connectivity index (χ0v) is 14.5. The van der Waals surface area contributed by atoms with Crippen molar-refractivity contribution in [2.75, 3.05) is 12.3 Å². The van der Waals surface area contributed by atoms with E-state index in [1.165, 1.54) is 6.07 Å². The molecule has 1 aromatic heterocycles. The van der Waals surface area contributed by atoms with E-state index < -0.39 is 51.8 Å². The number of aromatic nitrogens is 2. The van der Waals surface area contributed by atoms with Gasteiger partial charge in [-0.1, -0.05) is 0 Å². The van der Waals surface area contributed by atoms with Gasteiger partial charge in [0.25, 0.3) is 0 Å². The van der Waals surface area contributed by atoms with Gasteiger partial charge in [0, 0.05) is 11.8 Å². The molecule has 1 saturated heterocycles. The molecule has 7 N–H and O–H groups in total. The van der Waals surface area contributed by atoms with Crippen LogP contribution >= 0.6 is 15.5 Å². The quantitative estimate of drug-likeness (QED) is 0.300. The first-order valence-corrected chi connectivity index (χ1v) is 9.93. The molecule has 16 heteroatoms. The van der Waals surface area contributed by atoms with E-state index in [1.807, 2.05) is 0 Å². The van der Waals surface area contributed by atoms with Crippen molar-refractivity contribution in [2.45, 2.75) is 18.4 Å². The van der Waals surface area contributed by atoms with Gasteiger partial charge >= 0.3 is 21.2 Å². The summed E-state index contributed by atoms with van der Waals surface area (Å²) in [7, 11) is -10.0. The molecular weight excluding hydrogens is 401 g/mol. The SMILES string of the molecule is Nc1ccn([C@@H]2O[C@H](COP(=O)(O)NP(=O)(O)O)C(O)/C2=C\F)c(=O)n1. The second-order valence-corrected chi connectivity index (χ2v) is 8.27. The smallest absolute Gasteiger partial charge is 0.386 e. The molecule has 0 spiro atoms. The van der Waals surface area contributed by atoms with E-state index in [2.05, 4.69) is 9.51 Å². The second kappa shape index (κ2) is 7.64. The molecule has 0 aromatic carbocycles. The number of aliphatic hydroxyl groups is 1. The second-order valence-electron chi connectivity index (χ2n) is 5.08. The maximum Gasteiger partial charge on any atom is 0.412 e. The Hall–Kier alpha value is -1.47. The summed E-state index contributed by atoms with van der Waals surface area (Å²) in [5.41, 5.74) is 4.04. The van der Waals surface area contributed by atoms with Crippen LogP contribution in [0.3, 0.4) is 0 Å². The van der Waals surface area contributed by atoms with E-state index in [4.69, 9.17) is 20.3 Å². The van der Waals surface area contributed by atoms with Crippen molar-refractivity contribution in [1.82, 2.24) is 14.4 Å². The van der Waals surface area contributed by atoms with Gasteiger partial charge in [-0.3, -0.25) is 9.09 Å². The number of nitrogen functional groups attached to an aromatic ring is 1. The van der Waals surface area contributed by atoms with Crippen LogP contribution < -0.4 is 16.3 Å². The predicted molar refractivity (Wildman–Crippen MR) is 83.0 cm³/mol. The molecule has 1 aliphatic rings. The lowest BCUT2D eigenvalue weighted by Crippen LogP contribution is -2.28. The zero-order chi connectivity index (χ0) is 19.7. The van der Waals surface area contributed by atoms with Crippen molar-refractivity contribution < 1.29 is 42.6 Å². The minimum atomic E-state index is -5.08. The number of halogens is 1. The summed E-state index contributed by atoms with van der Waals surface area (Å²) >= 11 is 0. The molecule has 2 heterocycles.